The molecule has 1 aromatic rings. The van der Waals surface area contributed by atoms with Crippen LogP contribution in [-0.2, 0) is 0 Å². The van der Waals surface area contributed by atoms with Crippen molar-refractivity contribution in [2.75, 3.05) is 18.1 Å². The maximum atomic E-state index is 3.65. The molecule has 1 aromatic heterocycles. The third-order valence-corrected chi connectivity index (χ3v) is 4.85. The highest BCUT2D eigenvalue weighted by atomic mass is 32.2. The Balaban J connectivity index is 1.73. The zero-order chi connectivity index (χ0) is 10.5. The van der Waals surface area contributed by atoms with Crippen molar-refractivity contribution >= 4 is 23.1 Å². The fraction of sp³-hybridized carbons (Fsp3) is 0.667. The molecule has 1 N–H and O–H groups in total. The number of thiophene rings is 1. The Morgan fingerprint density at radius 2 is 2.27 bits per heavy atom. The van der Waals surface area contributed by atoms with Gasteiger partial charge in [-0.2, -0.15) is 23.1 Å². The first-order valence-corrected chi connectivity index (χ1v) is 7.79. The summed E-state index contributed by atoms with van der Waals surface area (Å²) in [7, 11) is 0. The number of hydrogen-bond acceptors (Lipinski definition) is 3. The Kier molecular flexibility index (Phi) is 4.54. The van der Waals surface area contributed by atoms with Crippen LogP contribution in [0.15, 0.2) is 16.8 Å². The first kappa shape index (κ1) is 11.5. The molecule has 1 aliphatic rings. The van der Waals surface area contributed by atoms with Gasteiger partial charge in [-0.25, -0.2) is 0 Å². The molecule has 3 heteroatoms. The van der Waals surface area contributed by atoms with Crippen LogP contribution in [-0.4, -0.2) is 18.1 Å². The predicted octanol–water partition coefficient (Wildman–Crippen LogP) is 3.54. The molecule has 0 bridgehead atoms. The summed E-state index contributed by atoms with van der Waals surface area (Å²) in [6.07, 6.45) is 2.79. The van der Waals surface area contributed by atoms with Gasteiger partial charge in [-0.3, -0.25) is 0 Å². The predicted molar refractivity (Wildman–Crippen MR) is 70.8 cm³/mol. The van der Waals surface area contributed by atoms with Crippen molar-refractivity contribution in [2.45, 2.75) is 25.8 Å². The maximum Gasteiger partial charge on any atom is 0.0300 e. The third kappa shape index (κ3) is 3.51. The summed E-state index contributed by atoms with van der Waals surface area (Å²) < 4.78 is 0. The molecule has 1 nitrogen and oxygen atoms in total. The van der Waals surface area contributed by atoms with Gasteiger partial charge in [0.1, 0.15) is 0 Å². The van der Waals surface area contributed by atoms with Crippen LogP contribution in [0.1, 0.15) is 31.4 Å². The largest absolute Gasteiger partial charge is 0.310 e. The van der Waals surface area contributed by atoms with Gasteiger partial charge in [-0.15, -0.1) is 0 Å². The minimum absolute atomic E-state index is 0.519. The van der Waals surface area contributed by atoms with Crippen molar-refractivity contribution in [2.24, 2.45) is 5.92 Å². The zero-order valence-corrected chi connectivity index (χ0v) is 10.9. The van der Waals surface area contributed by atoms with E-state index < -0.39 is 0 Å². The number of rotatable bonds is 4. The summed E-state index contributed by atoms with van der Waals surface area (Å²) in [6.45, 7) is 3.46. The second-order valence-electron chi connectivity index (χ2n) is 4.24. The molecule has 1 unspecified atom stereocenters. The van der Waals surface area contributed by atoms with E-state index in [0.717, 1.165) is 5.92 Å². The Labute approximate surface area is 101 Å². The molecule has 1 atom stereocenters. The van der Waals surface area contributed by atoms with Gasteiger partial charge in [0.05, 0.1) is 0 Å². The van der Waals surface area contributed by atoms with Gasteiger partial charge in [0, 0.05) is 6.04 Å². The number of hydrogen-bond donors (Lipinski definition) is 1. The Morgan fingerprint density at radius 1 is 1.47 bits per heavy atom. The normalized spacial score (nSPS) is 20.3. The van der Waals surface area contributed by atoms with E-state index in [9.17, 15) is 0 Å². The lowest BCUT2D eigenvalue weighted by Crippen LogP contribution is -2.27. The zero-order valence-electron chi connectivity index (χ0n) is 9.24. The van der Waals surface area contributed by atoms with E-state index in [1.807, 2.05) is 0 Å². The first-order chi connectivity index (χ1) is 7.36. The minimum atomic E-state index is 0.519. The molecule has 2 rings (SSSR count). The summed E-state index contributed by atoms with van der Waals surface area (Å²) in [6, 6.07) is 2.74. The van der Waals surface area contributed by atoms with Crippen LogP contribution in [0.5, 0.6) is 0 Å². The summed E-state index contributed by atoms with van der Waals surface area (Å²) in [4.78, 5) is 0. The van der Waals surface area contributed by atoms with Crippen molar-refractivity contribution in [1.29, 1.82) is 0 Å². The average molecular weight is 241 g/mol. The summed E-state index contributed by atoms with van der Waals surface area (Å²) >= 11 is 3.89. The number of thioether (sulfide) groups is 1. The van der Waals surface area contributed by atoms with Gasteiger partial charge >= 0.3 is 0 Å². The van der Waals surface area contributed by atoms with Crippen molar-refractivity contribution in [3.63, 3.8) is 0 Å². The van der Waals surface area contributed by atoms with Crippen LogP contribution in [0.4, 0.5) is 0 Å². The molecule has 2 heterocycles. The fourth-order valence-corrected chi connectivity index (χ4v) is 3.89. The van der Waals surface area contributed by atoms with E-state index in [1.165, 1.54) is 36.5 Å². The van der Waals surface area contributed by atoms with Crippen LogP contribution >= 0.6 is 23.1 Å². The molecule has 0 spiro atoms. The second-order valence-corrected chi connectivity index (χ2v) is 6.25. The standard InChI is InChI=1S/C12H19NS2/c1-10(12-4-7-15-9-12)13-8-11-2-5-14-6-3-11/h4,7,9-11,13H,2-3,5-6,8H2,1H3. The number of nitrogens with one attached hydrogen (secondary N) is 1. The minimum Gasteiger partial charge on any atom is -0.310 e. The summed E-state index contributed by atoms with van der Waals surface area (Å²) in [5.41, 5.74) is 1.44. The third-order valence-electron chi connectivity index (χ3n) is 3.10. The Hall–Kier alpha value is 0.01000. The Morgan fingerprint density at radius 3 is 2.93 bits per heavy atom. The molecule has 0 aromatic carbocycles. The van der Waals surface area contributed by atoms with Gasteiger partial charge in [0.25, 0.3) is 0 Å². The lowest BCUT2D eigenvalue weighted by Gasteiger charge is -2.23. The van der Waals surface area contributed by atoms with Gasteiger partial charge in [0.2, 0.25) is 0 Å². The molecule has 0 saturated carbocycles. The summed E-state index contributed by atoms with van der Waals surface area (Å²) in [5.74, 6) is 3.63. The van der Waals surface area contributed by atoms with Crippen LogP contribution in [0.2, 0.25) is 0 Å². The average Bonchev–Trinajstić information content (AvgIpc) is 2.81. The molecular formula is C12H19NS2. The molecule has 0 aliphatic carbocycles. The molecule has 15 heavy (non-hydrogen) atoms. The molecule has 1 saturated heterocycles. The van der Waals surface area contributed by atoms with Gasteiger partial charge in [-0.05, 0) is 66.1 Å². The van der Waals surface area contributed by atoms with Crippen molar-refractivity contribution in [3.05, 3.63) is 22.4 Å². The molecule has 0 radical (unpaired) electrons. The van der Waals surface area contributed by atoms with Gasteiger partial charge < -0.3 is 5.32 Å². The highest BCUT2D eigenvalue weighted by Crippen LogP contribution is 2.23. The summed E-state index contributed by atoms with van der Waals surface area (Å²) in [5, 5.41) is 8.05. The van der Waals surface area contributed by atoms with E-state index in [4.69, 9.17) is 0 Å². The van der Waals surface area contributed by atoms with Crippen molar-refractivity contribution < 1.29 is 0 Å². The quantitative estimate of drug-likeness (QED) is 0.865. The molecule has 84 valence electrons. The van der Waals surface area contributed by atoms with Crippen molar-refractivity contribution in [1.82, 2.24) is 5.32 Å². The van der Waals surface area contributed by atoms with Crippen LogP contribution < -0.4 is 5.32 Å². The first-order valence-electron chi connectivity index (χ1n) is 5.69. The molecule has 1 fully saturated rings. The van der Waals surface area contributed by atoms with E-state index in [0.29, 0.717) is 6.04 Å². The Bertz CT molecular complexity index is 265. The maximum absolute atomic E-state index is 3.65. The van der Waals surface area contributed by atoms with Gasteiger partial charge in [-0.1, -0.05) is 0 Å². The van der Waals surface area contributed by atoms with E-state index in [1.54, 1.807) is 11.3 Å². The van der Waals surface area contributed by atoms with Crippen molar-refractivity contribution in [3.8, 4) is 0 Å². The second kappa shape index (κ2) is 5.92. The van der Waals surface area contributed by atoms with E-state index in [-0.39, 0.29) is 0 Å². The monoisotopic (exact) mass is 241 g/mol. The lowest BCUT2D eigenvalue weighted by atomic mass is 10.0. The SMILES string of the molecule is CC(NCC1CCSCC1)c1ccsc1. The molecule has 0 amide bonds. The topological polar surface area (TPSA) is 12.0 Å². The fourth-order valence-electron chi connectivity index (χ4n) is 1.93. The van der Waals surface area contributed by atoms with Crippen LogP contribution in [0, 0.1) is 5.92 Å². The highest BCUT2D eigenvalue weighted by Gasteiger charge is 2.14. The molecule has 1 aliphatic heterocycles. The smallest absolute Gasteiger partial charge is 0.0300 e. The van der Waals surface area contributed by atoms with E-state index in [2.05, 4.69) is 40.8 Å². The van der Waals surface area contributed by atoms with Crippen LogP contribution in [0.3, 0.4) is 0 Å². The molecular weight excluding hydrogens is 222 g/mol. The highest BCUT2D eigenvalue weighted by molar-refractivity contribution is 7.99. The lowest BCUT2D eigenvalue weighted by molar-refractivity contribution is 0.421. The van der Waals surface area contributed by atoms with E-state index >= 15 is 0 Å². The van der Waals surface area contributed by atoms with Crippen LogP contribution in [0.25, 0.3) is 0 Å². The van der Waals surface area contributed by atoms with Gasteiger partial charge in [0.15, 0.2) is 0 Å².